The third-order valence-electron chi connectivity index (χ3n) is 4.04. The van der Waals surface area contributed by atoms with Crippen LogP contribution in [0, 0.1) is 0 Å². The maximum atomic E-state index is 12.2. The van der Waals surface area contributed by atoms with Crippen molar-refractivity contribution < 1.29 is 19.1 Å². The molecule has 142 valence electrons. The molecular weight excluding hydrogens is 384 g/mol. The maximum Gasteiger partial charge on any atom is 0.308 e. The van der Waals surface area contributed by atoms with Gasteiger partial charge in [-0.3, -0.25) is 14.4 Å². The van der Waals surface area contributed by atoms with Crippen LogP contribution in [0.15, 0.2) is 46.7 Å². The smallest absolute Gasteiger partial charge is 0.308 e. The van der Waals surface area contributed by atoms with E-state index in [4.69, 9.17) is 4.74 Å². The summed E-state index contributed by atoms with van der Waals surface area (Å²) < 4.78 is 5.21. The lowest BCUT2D eigenvalue weighted by atomic mass is 10.2. The molecule has 27 heavy (non-hydrogen) atoms. The van der Waals surface area contributed by atoms with Crippen molar-refractivity contribution in [1.29, 1.82) is 0 Å². The van der Waals surface area contributed by atoms with Gasteiger partial charge < -0.3 is 15.0 Å². The number of benzene rings is 1. The van der Waals surface area contributed by atoms with Gasteiger partial charge in [0.05, 0.1) is 24.4 Å². The first-order valence-electron chi connectivity index (χ1n) is 8.56. The number of hydrogen-bond donors (Lipinski definition) is 1. The first-order valence-corrected chi connectivity index (χ1v) is 10.4. The van der Waals surface area contributed by atoms with Crippen molar-refractivity contribution in [2.75, 3.05) is 17.2 Å². The molecule has 0 unspecified atom stereocenters. The second kappa shape index (κ2) is 9.05. The molecule has 1 aromatic heterocycles. The number of nitrogens with zero attached hydrogens (tertiary/aromatic N) is 1. The molecule has 0 bridgehead atoms. The van der Waals surface area contributed by atoms with Crippen LogP contribution >= 0.6 is 23.1 Å². The van der Waals surface area contributed by atoms with Gasteiger partial charge in [-0.05, 0) is 30.5 Å². The van der Waals surface area contributed by atoms with Crippen molar-refractivity contribution in [2.24, 2.45) is 0 Å². The number of ether oxygens (including phenoxy) is 1. The van der Waals surface area contributed by atoms with Crippen LogP contribution in [0.25, 0.3) is 0 Å². The number of fused-ring (bicyclic) bond motifs is 1. The number of hydrogen-bond acceptors (Lipinski definition) is 6. The van der Waals surface area contributed by atoms with Crippen molar-refractivity contribution in [3.8, 4) is 0 Å². The fourth-order valence-corrected chi connectivity index (χ4v) is 4.22. The second-order valence-electron chi connectivity index (χ2n) is 5.98. The number of carbonyl (C=O) groups is 3. The van der Waals surface area contributed by atoms with Gasteiger partial charge in [-0.2, -0.15) is 0 Å². The molecule has 0 aliphatic carbocycles. The average molecular weight is 405 g/mol. The highest BCUT2D eigenvalue weighted by molar-refractivity contribution is 8.00. The summed E-state index contributed by atoms with van der Waals surface area (Å²) in [6, 6.07) is 11.4. The fourth-order valence-electron chi connectivity index (χ4n) is 2.64. The lowest BCUT2D eigenvalue weighted by molar-refractivity contribution is -0.154. The standard InChI is InChI=1S/C19H20N2O4S2/c1-13(19(24)20-11-14-5-4-10-26-14)25-18(23)8-9-21-15-6-2-3-7-16(15)27-12-17(21)22/h2-7,10,13H,8-9,11-12H2,1H3,(H,20,24)/t13-/m0/s1. The Hall–Kier alpha value is -2.32. The minimum absolute atomic E-state index is 0.0340. The Balaban J connectivity index is 1.48. The number of anilines is 1. The van der Waals surface area contributed by atoms with Crippen molar-refractivity contribution in [3.63, 3.8) is 0 Å². The van der Waals surface area contributed by atoms with Gasteiger partial charge >= 0.3 is 5.97 Å². The summed E-state index contributed by atoms with van der Waals surface area (Å²) >= 11 is 3.04. The first kappa shape index (κ1) is 19.4. The van der Waals surface area contributed by atoms with Crippen molar-refractivity contribution in [2.45, 2.75) is 30.9 Å². The van der Waals surface area contributed by atoms with Gasteiger partial charge in [-0.1, -0.05) is 18.2 Å². The Morgan fingerprint density at radius 3 is 2.85 bits per heavy atom. The summed E-state index contributed by atoms with van der Waals surface area (Å²) in [7, 11) is 0. The number of carbonyl (C=O) groups excluding carboxylic acids is 3. The van der Waals surface area contributed by atoms with Gasteiger partial charge in [0.25, 0.3) is 5.91 Å². The third-order valence-corrected chi connectivity index (χ3v) is 5.97. The molecule has 2 aromatic rings. The van der Waals surface area contributed by atoms with E-state index in [1.807, 2.05) is 41.8 Å². The van der Waals surface area contributed by atoms with E-state index in [0.717, 1.165) is 15.5 Å². The monoisotopic (exact) mass is 404 g/mol. The zero-order valence-electron chi connectivity index (χ0n) is 14.8. The first-order chi connectivity index (χ1) is 13.0. The Labute approximate surface area is 165 Å². The molecule has 1 N–H and O–H groups in total. The lowest BCUT2D eigenvalue weighted by Crippen LogP contribution is -2.38. The molecule has 0 saturated heterocycles. The number of nitrogens with one attached hydrogen (secondary N) is 1. The van der Waals surface area contributed by atoms with E-state index in [0.29, 0.717) is 12.3 Å². The molecule has 1 aliphatic heterocycles. The molecule has 0 spiro atoms. The van der Waals surface area contributed by atoms with Gasteiger partial charge in [0.2, 0.25) is 5.91 Å². The summed E-state index contributed by atoms with van der Waals surface area (Å²) in [6.45, 7) is 2.19. The van der Waals surface area contributed by atoms with Gasteiger partial charge in [0, 0.05) is 16.3 Å². The van der Waals surface area contributed by atoms with E-state index in [1.54, 1.807) is 23.2 Å². The van der Waals surface area contributed by atoms with Gasteiger partial charge in [0.15, 0.2) is 6.10 Å². The molecular formula is C19H20N2O4S2. The SMILES string of the molecule is C[C@H](OC(=O)CCN1C(=O)CSc2ccccc21)C(=O)NCc1cccs1. The fraction of sp³-hybridized carbons (Fsp3) is 0.316. The number of amides is 2. The van der Waals surface area contributed by atoms with Crippen LogP contribution in [0.5, 0.6) is 0 Å². The molecule has 0 saturated carbocycles. The van der Waals surface area contributed by atoms with Crippen molar-refractivity contribution in [1.82, 2.24) is 5.32 Å². The van der Waals surface area contributed by atoms with E-state index in [1.165, 1.54) is 11.8 Å². The van der Waals surface area contributed by atoms with E-state index in [9.17, 15) is 14.4 Å². The van der Waals surface area contributed by atoms with Crippen LogP contribution in [0.2, 0.25) is 0 Å². The van der Waals surface area contributed by atoms with E-state index in [-0.39, 0.29) is 24.8 Å². The normalized spacial score (nSPS) is 14.4. The Morgan fingerprint density at radius 1 is 1.26 bits per heavy atom. The summed E-state index contributed by atoms with van der Waals surface area (Å²) in [5.74, 6) is -0.522. The minimum atomic E-state index is -0.877. The molecule has 1 aromatic carbocycles. The molecule has 2 amide bonds. The zero-order valence-corrected chi connectivity index (χ0v) is 16.5. The second-order valence-corrected chi connectivity index (χ2v) is 8.03. The zero-order chi connectivity index (χ0) is 19.2. The van der Waals surface area contributed by atoms with Gasteiger partial charge in [-0.15, -0.1) is 23.1 Å². The summed E-state index contributed by atoms with van der Waals surface area (Å²) in [4.78, 5) is 40.0. The molecule has 2 heterocycles. The molecule has 0 radical (unpaired) electrons. The molecule has 6 nitrogen and oxygen atoms in total. The number of rotatable bonds is 7. The van der Waals surface area contributed by atoms with Crippen molar-refractivity contribution >= 4 is 46.6 Å². The molecule has 1 atom stereocenters. The largest absolute Gasteiger partial charge is 0.452 e. The van der Waals surface area contributed by atoms with Crippen LogP contribution in [-0.4, -0.2) is 36.2 Å². The van der Waals surface area contributed by atoms with Gasteiger partial charge in [-0.25, -0.2) is 0 Å². The maximum absolute atomic E-state index is 12.2. The summed E-state index contributed by atoms with van der Waals surface area (Å²) in [6.07, 6.45) is -0.842. The van der Waals surface area contributed by atoms with Crippen LogP contribution < -0.4 is 10.2 Å². The predicted molar refractivity (Wildman–Crippen MR) is 106 cm³/mol. The lowest BCUT2D eigenvalue weighted by Gasteiger charge is -2.28. The Morgan fingerprint density at radius 2 is 2.07 bits per heavy atom. The topological polar surface area (TPSA) is 75.7 Å². The third kappa shape index (κ3) is 5.11. The number of thioether (sulfide) groups is 1. The predicted octanol–water partition coefficient (Wildman–Crippen LogP) is 2.83. The average Bonchev–Trinajstić information content (AvgIpc) is 3.18. The quantitative estimate of drug-likeness (QED) is 0.718. The van der Waals surface area contributed by atoms with Crippen LogP contribution in [0.3, 0.4) is 0 Å². The molecule has 0 fully saturated rings. The Bertz CT molecular complexity index is 823. The van der Waals surface area contributed by atoms with Crippen LogP contribution in [0.1, 0.15) is 18.2 Å². The van der Waals surface area contributed by atoms with Crippen molar-refractivity contribution in [3.05, 3.63) is 46.7 Å². The minimum Gasteiger partial charge on any atom is -0.452 e. The van der Waals surface area contributed by atoms with E-state index >= 15 is 0 Å². The Kier molecular flexibility index (Phi) is 6.52. The highest BCUT2D eigenvalue weighted by atomic mass is 32.2. The van der Waals surface area contributed by atoms with Crippen LogP contribution in [-0.2, 0) is 25.7 Å². The number of para-hydroxylation sites is 1. The highest BCUT2D eigenvalue weighted by Gasteiger charge is 2.25. The highest BCUT2D eigenvalue weighted by Crippen LogP contribution is 2.34. The summed E-state index contributed by atoms with van der Waals surface area (Å²) in [5.41, 5.74) is 0.813. The summed E-state index contributed by atoms with van der Waals surface area (Å²) in [5, 5.41) is 4.68. The van der Waals surface area contributed by atoms with E-state index in [2.05, 4.69) is 5.32 Å². The molecule has 8 heteroatoms. The van der Waals surface area contributed by atoms with Gasteiger partial charge in [0.1, 0.15) is 0 Å². The number of thiophene rings is 1. The van der Waals surface area contributed by atoms with Crippen LogP contribution in [0.4, 0.5) is 5.69 Å². The number of esters is 1. The van der Waals surface area contributed by atoms with E-state index < -0.39 is 12.1 Å². The molecule has 3 rings (SSSR count). The molecule has 1 aliphatic rings.